The Morgan fingerprint density at radius 1 is 1.43 bits per heavy atom. The van der Waals surface area contributed by atoms with Crippen molar-refractivity contribution in [3.63, 3.8) is 0 Å². The maximum absolute atomic E-state index is 12.9. The van der Waals surface area contributed by atoms with E-state index in [1.165, 1.54) is 16.2 Å². The molecule has 2 aromatic rings. The molecule has 0 aromatic carbocycles. The fourth-order valence-corrected chi connectivity index (χ4v) is 3.32. The van der Waals surface area contributed by atoms with Gasteiger partial charge in [-0.25, -0.2) is 0 Å². The van der Waals surface area contributed by atoms with E-state index in [0.717, 1.165) is 12.3 Å². The second-order valence-corrected chi connectivity index (χ2v) is 6.91. The van der Waals surface area contributed by atoms with Crippen molar-refractivity contribution in [1.29, 1.82) is 0 Å². The second kappa shape index (κ2) is 5.80. The van der Waals surface area contributed by atoms with Gasteiger partial charge in [-0.3, -0.25) is 4.40 Å². The van der Waals surface area contributed by atoms with Gasteiger partial charge in [0.1, 0.15) is 0 Å². The van der Waals surface area contributed by atoms with Gasteiger partial charge in [-0.15, -0.1) is 10.2 Å². The lowest BCUT2D eigenvalue weighted by Gasteiger charge is -2.16. The Balaban J connectivity index is 1.83. The van der Waals surface area contributed by atoms with E-state index in [-0.39, 0.29) is 16.8 Å². The number of fused-ring (bicyclic) bond motifs is 1. The fraction of sp³-hybridized carbons (Fsp3) is 0.538. The molecule has 0 unspecified atom stereocenters. The second-order valence-electron chi connectivity index (χ2n) is 5.51. The first kappa shape index (κ1) is 16.8. The highest BCUT2D eigenvalue weighted by molar-refractivity contribution is 7.99. The number of pyridine rings is 1. The van der Waals surface area contributed by atoms with E-state index in [1.807, 2.05) is 0 Å². The number of alkyl halides is 3. The van der Waals surface area contributed by atoms with Gasteiger partial charge in [-0.2, -0.15) is 13.2 Å². The van der Waals surface area contributed by atoms with Crippen LogP contribution in [0.3, 0.4) is 0 Å². The van der Waals surface area contributed by atoms with E-state index in [2.05, 4.69) is 10.2 Å². The average molecular weight is 368 g/mol. The van der Waals surface area contributed by atoms with Crippen LogP contribution in [0.2, 0.25) is 5.02 Å². The topological polar surface area (TPSA) is 48.7 Å². The van der Waals surface area contributed by atoms with Gasteiger partial charge in [0, 0.05) is 11.9 Å². The van der Waals surface area contributed by atoms with Crippen molar-refractivity contribution in [2.24, 2.45) is 0 Å². The lowest BCUT2D eigenvalue weighted by molar-refractivity contribution is -0.138. The van der Waals surface area contributed by atoms with E-state index in [9.17, 15) is 13.2 Å². The molecule has 10 heteroatoms. The number of halogens is 4. The third-order valence-electron chi connectivity index (χ3n) is 3.22. The van der Waals surface area contributed by atoms with Gasteiger partial charge >= 0.3 is 6.18 Å². The van der Waals surface area contributed by atoms with Gasteiger partial charge in [-0.1, -0.05) is 23.4 Å². The van der Waals surface area contributed by atoms with E-state index in [4.69, 9.17) is 21.1 Å². The number of ether oxygens (including phenoxy) is 2. The minimum Gasteiger partial charge on any atom is -0.348 e. The molecule has 0 bridgehead atoms. The lowest BCUT2D eigenvalue weighted by atomic mass is 10.3. The summed E-state index contributed by atoms with van der Waals surface area (Å²) in [6, 6.07) is 0.844. The average Bonchev–Trinajstić information content (AvgIpc) is 2.99. The Bertz CT molecular complexity index is 735. The Kier molecular flexibility index (Phi) is 4.24. The third kappa shape index (κ3) is 3.57. The van der Waals surface area contributed by atoms with Crippen molar-refractivity contribution in [2.45, 2.75) is 37.1 Å². The maximum atomic E-state index is 12.9. The molecule has 1 aliphatic rings. The van der Waals surface area contributed by atoms with Crippen molar-refractivity contribution in [2.75, 3.05) is 12.4 Å². The third-order valence-corrected chi connectivity index (χ3v) is 4.57. The molecule has 1 fully saturated rings. The monoisotopic (exact) mass is 367 g/mol. The Morgan fingerprint density at radius 2 is 2.17 bits per heavy atom. The summed E-state index contributed by atoms with van der Waals surface area (Å²) >= 11 is 7.11. The smallest absolute Gasteiger partial charge is 0.348 e. The predicted molar refractivity (Wildman–Crippen MR) is 78.6 cm³/mol. The summed E-state index contributed by atoms with van der Waals surface area (Å²) in [5, 5.41) is 7.96. The molecule has 1 saturated heterocycles. The molecule has 5 nitrogen and oxygen atoms in total. The molecule has 126 valence electrons. The highest BCUT2D eigenvalue weighted by Gasteiger charge is 2.34. The molecule has 2 aromatic heterocycles. The molecule has 0 spiro atoms. The molecular weight excluding hydrogens is 355 g/mol. The van der Waals surface area contributed by atoms with Gasteiger partial charge in [-0.05, 0) is 19.9 Å². The molecule has 0 amide bonds. The van der Waals surface area contributed by atoms with E-state index in [1.54, 1.807) is 13.8 Å². The largest absolute Gasteiger partial charge is 0.417 e. The number of nitrogens with zero attached hydrogens (tertiary/aromatic N) is 3. The summed E-state index contributed by atoms with van der Waals surface area (Å²) in [5.41, 5.74) is -0.663. The van der Waals surface area contributed by atoms with Crippen LogP contribution in [0.5, 0.6) is 0 Å². The molecule has 0 saturated carbocycles. The molecule has 3 rings (SSSR count). The van der Waals surface area contributed by atoms with Gasteiger partial charge in [0.05, 0.1) is 23.3 Å². The molecule has 1 atom stereocenters. The summed E-state index contributed by atoms with van der Waals surface area (Å²) in [6.07, 6.45) is -3.71. The zero-order chi connectivity index (χ0) is 16.8. The molecule has 0 radical (unpaired) electrons. The summed E-state index contributed by atoms with van der Waals surface area (Å²) in [4.78, 5) is 0. The minimum absolute atomic E-state index is 0.0965. The highest BCUT2D eigenvalue weighted by atomic mass is 35.5. The SMILES string of the molecule is CC1(C)OC[C@@H](CSc2nnc3c(Cl)cc(C(F)(F)F)cn23)O1. The first-order chi connectivity index (χ1) is 10.7. The standard InChI is InChI=1S/C13H13ClF3N3O2S/c1-12(2)21-5-8(22-12)6-23-11-19-18-10-9(14)3-7(4-20(10)11)13(15,16)17/h3-4,8H,5-6H2,1-2H3/t8-/m0/s1. The molecule has 0 aliphatic carbocycles. The highest BCUT2D eigenvalue weighted by Crippen LogP contribution is 2.34. The number of aromatic nitrogens is 3. The van der Waals surface area contributed by atoms with Crippen LogP contribution in [-0.4, -0.2) is 38.8 Å². The number of hydrogen-bond donors (Lipinski definition) is 0. The van der Waals surface area contributed by atoms with Crippen molar-refractivity contribution in [1.82, 2.24) is 14.6 Å². The fourth-order valence-electron chi connectivity index (χ4n) is 2.20. The molecule has 3 heterocycles. The van der Waals surface area contributed by atoms with E-state index >= 15 is 0 Å². The first-order valence-electron chi connectivity index (χ1n) is 6.72. The summed E-state index contributed by atoms with van der Waals surface area (Å²) in [7, 11) is 0. The Labute approximate surface area is 139 Å². The van der Waals surface area contributed by atoms with Gasteiger partial charge in [0.25, 0.3) is 0 Å². The van der Waals surface area contributed by atoms with Crippen LogP contribution in [0.4, 0.5) is 13.2 Å². The Morgan fingerprint density at radius 3 is 2.78 bits per heavy atom. The predicted octanol–water partition coefficient (Wildman–Crippen LogP) is 3.65. The van der Waals surface area contributed by atoms with Crippen molar-refractivity contribution >= 4 is 29.0 Å². The van der Waals surface area contributed by atoms with Crippen LogP contribution < -0.4 is 0 Å². The number of rotatable bonds is 3. The zero-order valence-corrected chi connectivity index (χ0v) is 13.8. The number of thioether (sulfide) groups is 1. The molecule has 0 N–H and O–H groups in total. The zero-order valence-electron chi connectivity index (χ0n) is 12.2. The normalized spacial score (nSPS) is 21.2. The van der Waals surface area contributed by atoms with Crippen LogP contribution in [0.15, 0.2) is 17.4 Å². The van der Waals surface area contributed by atoms with Gasteiger partial charge in [0.2, 0.25) is 0 Å². The van der Waals surface area contributed by atoms with E-state index < -0.39 is 17.5 Å². The van der Waals surface area contributed by atoms with Crippen molar-refractivity contribution in [3.8, 4) is 0 Å². The van der Waals surface area contributed by atoms with Crippen LogP contribution in [0, 0.1) is 0 Å². The van der Waals surface area contributed by atoms with Crippen LogP contribution in [0.1, 0.15) is 19.4 Å². The van der Waals surface area contributed by atoms with Crippen molar-refractivity contribution in [3.05, 3.63) is 22.8 Å². The van der Waals surface area contributed by atoms with Crippen molar-refractivity contribution < 1.29 is 22.6 Å². The van der Waals surface area contributed by atoms with Crippen LogP contribution in [0.25, 0.3) is 5.65 Å². The van der Waals surface area contributed by atoms with Crippen LogP contribution >= 0.6 is 23.4 Å². The van der Waals surface area contributed by atoms with E-state index in [0.29, 0.717) is 17.5 Å². The van der Waals surface area contributed by atoms with Gasteiger partial charge < -0.3 is 9.47 Å². The van der Waals surface area contributed by atoms with Crippen LogP contribution in [-0.2, 0) is 15.7 Å². The molecule has 23 heavy (non-hydrogen) atoms. The first-order valence-corrected chi connectivity index (χ1v) is 8.08. The summed E-state index contributed by atoms with van der Waals surface area (Å²) in [5.74, 6) is -0.164. The molecular formula is C13H13ClF3N3O2S. The molecule has 1 aliphatic heterocycles. The maximum Gasteiger partial charge on any atom is 0.417 e. The summed E-state index contributed by atoms with van der Waals surface area (Å²) < 4.78 is 51.0. The minimum atomic E-state index is -4.49. The quantitative estimate of drug-likeness (QED) is 0.775. The summed E-state index contributed by atoms with van der Waals surface area (Å²) in [6.45, 7) is 4.03. The number of hydrogen-bond acceptors (Lipinski definition) is 5. The van der Waals surface area contributed by atoms with Gasteiger partial charge in [0.15, 0.2) is 16.6 Å². The Hall–Kier alpha value is -1.03. The lowest BCUT2D eigenvalue weighted by Crippen LogP contribution is -2.22.